The molecule has 1 N–H and O–H groups in total. The number of fused-ring (bicyclic) bond motifs is 2. The van der Waals surface area contributed by atoms with E-state index >= 15 is 0 Å². The average Bonchev–Trinajstić information content (AvgIpc) is 2.76. The molecule has 0 aliphatic rings. The van der Waals surface area contributed by atoms with Crippen LogP contribution >= 0.6 is 24.0 Å². The maximum absolute atomic E-state index is 6.14. The van der Waals surface area contributed by atoms with E-state index in [0.29, 0.717) is 5.02 Å². The predicted octanol–water partition coefficient (Wildman–Crippen LogP) is 3.87. The van der Waals surface area contributed by atoms with Gasteiger partial charge in [0.05, 0.1) is 22.3 Å². The Balaban J connectivity index is 0.00000208. The molecule has 0 radical (unpaired) electrons. The second-order valence-corrected chi connectivity index (χ2v) is 6.58. The first kappa shape index (κ1) is 18.8. The summed E-state index contributed by atoms with van der Waals surface area (Å²) in [5.74, 6) is 0. The van der Waals surface area contributed by atoms with Crippen molar-refractivity contribution < 1.29 is 0 Å². The highest BCUT2D eigenvalue weighted by atomic mass is 35.5. The SMILES string of the molecule is Cc1nn(C)c2nc3cc(Cl)ccc3c(NCCCN(C)C)c12.Cl. The summed E-state index contributed by atoms with van der Waals surface area (Å²) in [7, 11) is 6.11. The van der Waals surface area contributed by atoms with Crippen LogP contribution in [-0.4, -0.2) is 46.8 Å². The Morgan fingerprint density at radius 3 is 2.75 bits per heavy atom. The molecule has 0 saturated heterocycles. The molecule has 0 spiro atoms. The maximum atomic E-state index is 6.14. The Morgan fingerprint density at radius 2 is 2.04 bits per heavy atom. The van der Waals surface area contributed by atoms with Gasteiger partial charge in [0, 0.05) is 24.0 Å². The standard InChI is InChI=1S/C17H22ClN5.ClH/c1-11-15-16(19-8-5-9-22(2)3)13-7-6-12(18)10-14(13)20-17(15)23(4)21-11;/h6-7,10H,5,8-9H2,1-4H3,(H,19,20);1H. The second kappa shape index (κ2) is 7.55. The maximum Gasteiger partial charge on any atom is 0.160 e. The van der Waals surface area contributed by atoms with E-state index in [-0.39, 0.29) is 12.4 Å². The summed E-state index contributed by atoms with van der Waals surface area (Å²) in [6.45, 7) is 3.98. The number of halogens is 2. The molecular weight excluding hydrogens is 345 g/mol. The molecular formula is C17H23Cl2N5. The Kier molecular flexibility index (Phi) is 5.91. The van der Waals surface area contributed by atoms with Gasteiger partial charge in [-0.15, -0.1) is 12.4 Å². The third kappa shape index (κ3) is 3.58. The molecule has 2 heterocycles. The van der Waals surface area contributed by atoms with Crippen LogP contribution in [0.3, 0.4) is 0 Å². The number of nitrogens with one attached hydrogen (secondary N) is 1. The van der Waals surface area contributed by atoms with Crippen molar-refractivity contribution in [1.29, 1.82) is 0 Å². The zero-order valence-corrected chi connectivity index (χ0v) is 16.0. The van der Waals surface area contributed by atoms with Crippen molar-refractivity contribution >= 4 is 51.6 Å². The van der Waals surface area contributed by atoms with Gasteiger partial charge in [-0.25, -0.2) is 4.98 Å². The number of anilines is 1. The summed E-state index contributed by atoms with van der Waals surface area (Å²) in [5.41, 5.74) is 3.86. The van der Waals surface area contributed by atoms with Gasteiger partial charge in [-0.05, 0) is 52.2 Å². The smallest absolute Gasteiger partial charge is 0.160 e. The van der Waals surface area contributed by atoms with E-state index in [4.69, 9.17) is 16.6 Å². The minimum Gasteiger partial charge on any atom is -0.384 e. The molecule has 3 aromatic rings. The van der Waals surface area contributed by atoms with E-state index in [1.807, 2.05) is 36.9 Å². The predicted molar refractivity (Wildman–Crippen MR) is 105 cm³/mol. The van der Waals surface area contributed by atoms with Crippen molar-refractivity contribution in [3.05, 3.63) is 28.9 Å². The van der Waals surface area contributed by atoms with Gasteiger partial charge in [-0.3, -0.25) is 4.68 Å². The monoisotopic (exact) mass is 367 g/mol. The van der Waals surface area contributed by atoms with E-state index in [0.717, 1.165) is 52.8 Å². The Bertz CT molecular complexity index is 857. The largest absolute Gasteiger partial charge is 0.384 e. The van der Waals surface area contributed by atoms with Crippen molar-refractivity contribution in [2.75, 3.05) is 32.5 Å². The van der Waals surface area contributed by atoms with Gasteiger partial charge >= 0.3 is 0 Å². The van der Waals surface area contributed by atoms with Crippen LogP contribution in [0.4, 0.5) is 5.69 Å². The van der Waals surface area contributed by atoms with Gasteiger partial charge in [-0.1, -0.05) is 11.6 Å². The summed E-state index contributed by atoms with van der Waals surface area (Å²) in [4.78, 5) is 6.94. The Hall–Kier alpha value is -1.56. The fraction of sp³-hybridized carbons (Fsp3) is 0.412. The van der Waals surface area contributed by atoms with Crippen LogP contribution in [-0.2, 0) is 7.05 Å². The molecule has 0 bridgehead atoms. The van der Waals surface area contributed by atoms with Crippen molar-refractivity contribution in [3.63, 3.8) is 0 Å². The molecule has 2 aromatic heterocycles. The van der Waals surface area contributed by atoms with Gasteiger partial charge in [0.25, 0.3) is 0 Å². The van der Waals surface area contributed by atoms with E-state index in [9.17, 15) is 0 Å². The molecule has 0 saturated carbocycles. The summed E-state index contributed by atoms with van der Waals surface area (Å²) in [6, 6.07) is 5.85. The topological polar surface area (TPSA) is 46.0 Å². The van der Waals surface area contributed by atoms with Crippen LogP contribution in [0.25, 0.3) is 21.9 Å². The molecule has 24 heavy (non-hydrogen) atoms. The third-order valence-electron chi connectivity index (χ3n) is 3.98. The van der Waals surface area contributed by atoms with Crippen molar-refractivity contribution in [2.45, 2.75) is 13.3 Å². The van der Waals surface area contributed by atoms with Crippen LogP contribution in [0.2, 0.25) is 5.02 Å². The third-order valence-corrected chi connectivity index (χ3v) is 4.22. The molecule has 0 fully saturated rings. The van der Waals surface area contributed by atoms with Gasteiger partial charge in [-0.2, -0.15) is 5.10 Å². The second-order valence-electron chi connectivity index (χ2n) is 6.14. The van der Waals surface area contributed by atoms with Gasteiger partial charge in [0.15, 0.2) is 5.65 Å². The van der Waals surface area contributed by atoms with Crippen molar-refractivity contribution in [2.24, 2.45) is 7.05 Å². The first-order valence-corrected chi connectivity index (χ1v) is 8.16. The van der Waals surface area contributed by atoms with Crippen molar-refractivity contribution in [1.82, 2.24) is 19.7 Å². The first-order chi connectivity index (χ1) is 11.0. The number of aryl methyl sites for hydroxylation is 2. The minimum absolute atomic E-state index is 0. The fourth-order valence-electron chi connectivity index (χ4n) is 2.92. The van der Waals surface area contributed by atoms with Gasteiger partial charge in [0.2, 0.25) is 0 Å². The minimum atomic E-state index is 0. The quantitative estimate of drug-likeness (QED) is 0.695. The molecule has 0 unspecified atom stereocenters. The number of aromatic nitrogens is 3. The van der Waals surface area contributed by atoms with Gasteiger partial charge in [0.1, 0.15) is 0 Å². The number of nitrogens with zero attached hydrogens (tertiary/aromatic N) is 4. The molecule has 0 aliphatic heterocycles. The zero-order valence-electron chi connectivity index (χ0n) is 14.4. The summed E-state index contributed by atoms with van der Waals surface area (Å²) < 4.78 is 1.83. The van der Waals surface area contributed by atoms with Crippen molar-refractivity contribution in [3.8, 4) is 0 Å². The normalized spacial score (nSPS) is 11.2. The Morgan fingerprint density at radius 1 is 1.29 bits per heavy atom. The van der Waals surface area contributed by atoms with E-state index in [1.54, 1.807) is 0 Å². The number of benzene rings is 1. The zero-order chi connectivity index (χ0) is 16.6. The van der Waals surface area contributed by atoms with E-state index < -0.39 is 0 Å². The lowest BCUT2D eigenvalue weighted by molar-refractivity contribution is 0.405. The molecule has 0 atom stereocenters. The first-order valence-electron chi connectivity index (χ1n) is 7.78. The molecule has 0 amide bonds. The van der Waals surface area contributed by atoms with Crippen LogP contribution in [0.5, 0.6) is 0 Å². The van der Waals surface area contributed by atoms with Crippen LogP contribution in [0.15, 0.2) is 18.2 Å². The molecule has 5 nitrogen and oxygen atoms in total. The lowest BCUT2D eigenvalue weighted by atomic mass is 10.1. The summed E-state index contributed by atoms with van der Waals surface area (Å²) in [5, 5.41) is 11.0. The summed E-state index contributed by atoms with van der Waals surface area (Å²) >= 11 is 6.14. The highest BCUT2D eigenvalue weighted by Crippen LogP contribution is 2.33. The fourth-order valence-corrected chi connectivity index (χ4v) is 3.08. The summed E-state index contributed by atoms with van der Waals surface area (Å²) in [6.07, 6.45) is 1.07. The highest BCUT2D eigenvalue weighted by Gasteiger charge is 2.15. The molecule has 7 heteroatoms. The molecule has 0 aliphatic carbocycles. The van der Waals surface area contributed by atoms with E-state index in [2.05, 4.69) is 29.4 Å². The number of hydrogen-bond donors (Lipinski definition) is 1. The number of hydrogen-bond acceptors (Lipinski definition) is 4. The van der Waals surface area contributed by atoms with E-state index in [1.165, 1.54) is 0 Å². The lowest BCUT2D eigenvalue weighted by Crippen LogP contribution is -2.16. The molecule has 130 valence electrons. The lowest BCUT2D eigenvalue weighted by Gasteiger charge is -2.14. The molecule has 3 rings (SSSR count). The highest BCUT2D eigenvalue weighted by molar-refractivity contribution is 6.31. The van der Waals surface area contributed by atoms with Gasteiger partial charge < -0.3 is 10.2 Å². The average molecular weight is 368 g/mol. The number of pyridine rings is 1. The molecule has 1 aromatic carbocycles. The van der Waals surface area contributed by atoms with Crippen LogP contribution < -0.4 is 5.32 Å². The van der Waals surface area contributed by atoms with Crippen LogP contribution in [0.1, 0.15) is 12.1 Å². The number of rotatable bonds is 5. The van der Waals surface area contributed by atoms with Crippen LogP contribution in [0, 0.1) is 6.92 Å². The Labute approximate surface area is 153 Å².